The minimum Gasteiger partial charge on any atom is -0.379 e. The number of hydrogen-bond acceptors (Lipinski definition) is 11. The minimum atomic E-state index is -0.0209. The lowest BCUT2D eigenvalue weighted by Crippen LogP contribution is -2.26. The second-order valence-corrected chi connectivity index (χ2v) is 11.0. The van der Waals surface area contributed by atoms with Crippen molar-refractivity contribution in [3.63, 3.8) is 0 Å². The van der Waals surface area contributed by atoms with Crippen LogP contribution in [0.5, 0.6) is 0 Å². The minimum absolute atomic E-state index is 0.0209. The number of hydrogen-bond donors (Lipinski definition) is 3. The van der Waals surface area contributed by atoms with Gasteiger partial charge in [0.25, 0.3) is 0 Å². The highest BCUT2D eigenvalue weighted by Crippen LogP contribution is 2.07. The molecule has 0 aromatic heterocycles. The molecule has 0 saturated heterocycles. The zero-order chi connectivity index (χ0) is 36.6. The monoisotopic (exact) mass is 715 g/mol. The van der Waals surface area contributed by atoms with Crippen LogP contribution in [0.1, 0.15) is 63.5 Å². The zero-order valence-electron chi connectivity index (χ0n) is 31.4. The van der Waals surface area contributed by atoms with Gasteiger partial charge < -0.3 is 54.3 Å². The Morgan fingerprint density at radius 3 is 1.26 bits per heavy atom. The topological polar surface area (TPSA) is 158 Å². The molecule has 0 aliphatic rings. The van der Waals surface area contributed by atoms with E-state index in [2.05, 4.69) is 41.8 Å². The van der Waals surface area contributed by atoms with Crippen molar-refractivity contribution >= 4 is 11.8 Å². The van der Waals surface area contributed by atoms with Gasteiger partial charge in [0.05, 0.1) is 106 Å². The van der Waals surface area contributed by atoms with Gasteiger partial charge in [0.2, 0.25) is 11.8 Å². The molecule has 0 heterocycles. The molecule has 0 aliphatic carbocycles. The van der Waals surface area contributed by atoms with Gasteiger partial charge in [0.1, 0.15) is 0 Å². The number of carbonyl (C=O) groups is 2. The molecule has 0 spiro atoms. The van der Waals surface area contributed by atoms with Gasteiger partial charge in [-0.1, -0.05) is 43.7 Å². The molecule has 0 unspecified atom stereocenters. The Bertz CT molecular complexity index is 864. The summed E-state index contributed by atoms with van der Waals surface area (Å²) < 4.78 is 43.3. The van der Waals surface area contributed by atoms with Gasteiger partial charge in [-0.05, 0) is 44.6 Å². The highest BCUT2D eigenvalue weighted by Gasteiger charge is 2.03. The second kappa shape index (κ2) is 39.6. The molecule has 50 heavy (non-hydrogen) atoms. The molecule has 0 saturated carbocycles. The highest BCUT2D eigenvalue weighted by molar-refractivity contribution is 5.76. The lowest BCUT2D eigenvalue weighted by atomic mass is 10.1. The van der Waals surface area contributed by atoms with Crippen molar-refractivity contribution in [2.24, 2.45) is 5.73 Å². The maximum absolute atomic E-state index is 12.0. The molecular weight excluding hydrogens is 646 g/mol. The van der Waals surface area contributed by atoms with Crippen LogP contribution in [0.2, 0.25) is 0 Å². The van der Waals surface area contributed by atoms with Gasteiger partial charge in [-0.3, -0.25) is 9.59 Å². The molecule has 13 nitrogen and oxygen atoms in total. The van der Waals surface area contributed by atoms with Crippen LogP contribution in [-0.2, 0) is 53.9 Å². The predicted octanol–water partition coefficient (Wildman–Crippen LogP) is 3.23. The summed E-state index contributed by atoms with van der Waals surface area (Å²) in [6.07, 6.45) is 5.38. The molecule has 0 atom stereocenters. The summed E-state index contributed by atoms with van der Waals surface area (Å²) in [5.41, 5.74) is 7.85. The summed E-state index contributed by atoms with van der Waals surface area (Å²) in [5.74, 6) is 0.0830. The smallest absolute Gasteiger partial charge is 0.222 e. The van der Waals surface area contributed by atoms with Gasteiger partial charge in [0, 0.05) is 32.5 Å². The van der Waals surface area contributed by atoms with Crippen molar-refractivity contribution in [3.8, 4) is 0 Å². The van der Waals surface area contributed by atoms with E-state index in [0.29, 0.717) is 138 Å². The van der Waals surface area contributed by atoms with Crippen LogP contribution in [0, 0.1) is 6.92 Å². The van der Waals surface area contributed by atoms with E-state index < -0.39 is 0 Å². The van der Waals surface area contributed by atoms with E-state index in [0.717, 1.165) is 32.1 Å². The van der Waals surface area contributed by atoms with Crippen molar-refractivity contribution < 1.29 is 47.5 Å². The quantitative estimate of drug-likeness (QED) is 0.0877. The third-order valence-corrected chi connectivity index (χ3v) is 6.83. The Labute approximate surface area is 301 Å². The van der Waals surface area contributed by atoms with Gasteiger partial charge in [-0.2, -0.15) is 0 Å². The van der Waals surface area contributed by atoms with Crippen molar-refractivity contribution in [3.05, 3.63) is 35.4 Å². The van der Waals surface area contributed by atoms with Crippen LogP contribution < -0.4 is 16.4 Å². The molecule has 0 aliphatic heterocycles. The Balaban J connectivity index is 0.0000118. The molecule has 13 heteroatoms. The fourth-order valence-corrected chi connectivity index (χ4v) is 4.16. The summed E-state index contributed by atoms with van der Waals surface area (Å²) >= 11 is 0. The fourth-order valence-electron chi connectivity index (χ4n) is 4.16. The number of ether oxygens (including phenoxy) is 8. The number of nitrogens with one attached hydrogen (secondary N) is 2. The van der Waals surface area contributed by atoms with Crippen LogP contribution in [0.25, 0.3) is 0 Å². The summed E-state index contributed by atoms with van der Waals surface area (Å²) in [6, 6.07) is 8.45. The van der Waals surface area contributed by atoms with Crippen molar-refractivity contribution in [1.29, 1.82) is 0 Å². The van der Waals surface area contributed by atoms with Gasteiger partial charge in [-0.15, -0.1) is 0 Å². The molecule has 1 rings (SSSR count). The first-order valence-corrected chi connectivity index (χ1v) is 18.5. The Morgan fingerprint density at radius 1 is 0.500 bits per heavy atom. The SMILES string of the molecule is CC.Cc1ccc(CCCC(=O)NCCCCCNC(=O)CCOCCOCCOCCOCCOCCOCCOCCOCCN)cc1. The molecule has 1 aromatic carbocycles. The maximum Gasteiger partial charge on any atom is 0.222 e. The van der Waals surface area contributed by atoms with E-state index in [1.807, 2.05) is 13.8 Å². The van der Waals surface area contributed by atoms with E-state index >= 15 is 0 Å². The third kappa shape index (κ3) is 35.6. The number of carbonyl (C=O) groups excluding carboxylic acids is 2. The van der Waals surface area contributed by atoms with Crippen LogP contribution in [0.3, 0.4) is 0 Å². The summed E-state index contributed by atoms with van der Waals surface area (Å²) in [5, 5.41) is 5.89. The summed E-state index contributed by atoms with van der Waals surface area (Å²) in [4.78, 5) is 23.9. The Kier molecular flexibility index (Phi) is 37.8. The lowest BCUT2D eigenvalue weighted by Gasteiger charge is -2.09. The summed E-state index contributed by atoms with van der Waals surface area (Å²) in [6.45, 7) is 15.8. The van der Waals surface area contributed by atoms with Crippen molar-refractivity contribution in [1.82, 2.24) is 10.6 Å². The number of amides is 2. The number of aryl methyl sites for hydroxylation is 2. The van der Waals surface area contributed by atoms with Gasteiger partial charge in [-0.25, -0.2) is 0 Å². The van der Waals surface area contributed by atoms with Crippen LogP contribution in [-0.4, -0.2) is 137 Å². The zero-order valence-corrected chi connectivity index (χ0v) is 31.4. The molecular formula is C37H69N3O10. The number of rotatable bonds is 36. The van der Waals surface area contributed by atoms with Crippen LogP contribution >= 0.6 is 0 Å². The largest absolute Gasteiger partial charge is 0.379 e. The molecule has 1 aromatic rings. The third-order valence-electron chi connectivity index (χ3n) is 6.83. The predicted molar refractivity (Wildman–Crippen MR) is 196 cm³/mol. The van der Waals surface area contributed by atoms with Crippen molar-refractivity contribution in [2.75, 3.05) is 125 Å². The second-order valence-electron chi connectivity index (χ2n) is 11.0. The molecule has 292 valence electrons. The van der Waals surface area contributed by atoms with Gasteiger partial charge in [0.15, 0.2) is 0 Å². The Hall–Kier alpha value is -2.20. The first-order valence-electron chi connectivity index (χ1n) is 18.5. The molecule has 0 radical (unpaired) electrons. The number of unbranched alkanes of at least 4 members (excludes halogenated alkanes) is 2. The molecule has 0 bridgehead atoms. The molecule has 4 N–H and O–H groups in total. The first-order chi connectivity index (χ1) is 24.6. The number of benzene rings is 1. The first kappa shape index (κ1) is 47.8. The van der Waals surface area contributed by atoms with E-state index in [9.17, 15) is 9.59 Å². The van der Waals surface area contributed by atoms with E-state index in [4.69, 9.17) is 43.6 Å². The average Bonchev–Trinajstić information content (AvgIpc) is 3.13. The Morgan fingerprint density at radius 2 is 0.860 bits per heavy atom. The van der Waals surface area contributed by atoms with E-state index in [1.165, 1.54) is 11.1 Å². The maximum atomic E-state index is 12.0. The van der Waals surface area contributed by atoms with Crippen LogP contribution in [0.15, 0.2) is 24.3 Å². The normalized spacial score (nSPS) is 10.9. The molecule has 0 fully saturated rings. The standard InChI is InChI=1S/C35H63N3O10.C2H6/c1-32-8-10-33(11-9-32)6-5-7-34(39)37-14-3-2-4-15-38-35(40)12-16-41-18-20-43-22-24-45-26-28-47-30-31-48-29-27-46-25-23-44-21-19-42-17-13-36;1-2/h8-11H,2-7,12-31,36H2,1H3,(H,37,39)(H,38,40);1-2H3. The van der Waals surface area contributed by atoms with Crippen molar-refractivity contribution in [2.45, 2.75) is 65.7 Å². The highest BCUT2D eigenvalue weighted by atomic mass is 16.6. The molecule has 2 amide bonds. The lowest BCUT2D eigenvalue weighted by molar-refractivity contribution is -0.122. The average molecular weight is 716 g/mol. The summed E-state index contributed by atoms with van der Waals surface area (Å²) in [7, 11) is 0. The number of nitrogens with two attached hydrogens (primary N) is 1. The van der Waals surface area contributed by atoms with E-state index in [-0.39, 0.29) is 11.8 Å². The van der Waals surface area contributed by atoms with E-state index in [1.54, 1.807) is 0 Å². The van der Waals surface area contributed by atoms with Gasteiger partial charge >= 0.3 is 0 Å². The fraction of sp³-hybridized carbons (Fsp3) is 0.784. The van der Waals surface area contributed by atoms with Crippen LogP contribution in [0.4, 0.5) is 0 Å².